The van der Waals surface area contributed by atoms with Crippen LogP contribution < -0.4 is 14.5 Å². The van der Waals surface area contributed by atoms with Gasteiger partial charge in [0, 0.05) is 6.07 Å². The van der Waals surface area contributed by atoms with Gasteiger partial charge in [-0.05, 0) is 48.0 Å². The van der Waals surface area contributed by atoms with Crippen molar-refractivity contribution in [3.05, 3.63) is 94.5 Å². The van der Waals surface area contributed by atoms with Gasteiger partial charge in [-0.15, -0.1) is 0 Å². The molecule has 0 saturated heterocycles. The fourth-order valence-electron chi connectivity index (χ4n) is 2.89. The van der Waals surface area contributed by atoms with Crippen LogP contribution in [0.2, 0.25) is 0 Å². The van der Waals surface area contributed by atoms with E-state index >= 15 is 0 Å². The highest BCUT2D eigenvalue weighted by molar-refractivity contribution is 7.93. The van der Waals surface area contributed by atoms with Crippen molar-refractivity contribution in [3.63, 3.8) is 0 Å². The molecule has 0 saturated carbocycles. The summed E-state index contributed by atoms with van der Waals surface area (Å²) in [5, 5.41) is 15.2. The second-order valence-electron chi connectivity index (χ2n) is 6.64. The Morgan fingerprint density at radius 1 is 1.06 bits per heavy atom. The number of carbonyl (C=O) groups is 1. The molecule has 0 aliphatic rings. The average molecular weight is 468 g/mol. The fourth-order valence-corrected chi connectivity index (χ4v) is 4.47. The molecule has 0 atom stereocenters. The Morgan fingerprint density at radius 3 is 2.33 bits per heavy atom. The number of para-hydroxylation sites is 2. The maximum Gasteiger partial charge on any atom is 0.289 e. The van der Waals surface area contributed by atoms with Gasteiger partial charge >= 0.3 is 0 Å². The van der Waals surface area contributed by atoms with E-state index in [1.807, 2.05) is 0 Å². The molecule has 0 spiro atoms. The first-order chi connectivity index (χ1) is 15.8. The summed E-state index contributed by atoms with van der Waals surface area (Å²) in [6.45, 7) is -0.641. The maximum absolute atomic E-state index is 13.3. The van der Waals surface area contributed by atoms with E-state index in [2.05, 4.69) is 10.5 Å². The molecule has 11 heteroatoms. The van der Waals surface area contributed by atoms with Gasteiger partial charge in [-0.1, -0.05) is 30.3 Å². The number of ether oxygens (including phenoxy) is 1. The molecule has 0 aliphatic heterocycles. The van der Waals surface area contributed by atoms with E-state index in [0.29, 0.717) is 11.3 Å². The third-order valence-corrected chi connectivity index (χ3v) is 6.30. The Bertz CT molecular complexity index is 1260. The number of benzene rings is 3. The zero-order chi connectivity index (χ0) is 23.8. The predicted molar refractivity (Wildman–Crippen MR) is 123 cm³/mol. The highest BCUT2D eigenvalue weighted by atomic mass is 32.2. The SMILES string of the molecule is COc1ccc(/C=N/NC(=O)CN(c2ccccc2)S(=O)(=O)c2ccccc2[N+](=O)[O-])cc1. The van der Waals surface area contributed by atoms with Crippen LogP contribution in [0.15, 0.2) is 88.9 Å². The quantitative estimate of drug-likeness (QED) is 0.292. The largest absolute Gasteiger partial charge is 0.497 e. The van der Waals surface area contributed by atoms with Crippen molar-refractivity contribution in [1.29, 1.82) is 0 Å². The van der Waals surface area contributed by atoms with Crippen LogP contribution in [0.3, 0.4) is 0 Å². The van der Waals surface area contributed by atoms with E-state index in [0.717, 1.165) is 16.4 Å². The summed E-state index contributed by atoms with van der Waals surface area (Å²) in [5.41, 5.74) is 2.55. The van der Waals surface area contributed by atoms with Gasteiger partial charge in [-0.3, -0.25) is 19.2 Å². The second-order valence-corrected chi connectivity index (χ2v) is 8.47. The standard InChI is InChI=1S/C22H20N4O6S/c1-32-19-13-11-17(12-14-19)15-23-24-22(27)16-25(18-7-3-2-4-8-18)33(30,31)21-10-6-5-9-20(21)26(28)29/h2-15H,16H2,1H3,(H,24,27)/b23-15+. The molecule has 170 valence electrons. The lowest BCUT2D eigenvalue weighted by atomic mass is 10.2. The van der Waals surface area contributed by atoms with Crippen LogP contribution in [-0.2, 0) is 14.8 Å². The number of rotatable bonds is 9. The number of hydrazone groups is 1. The molecule has 1 N–H and O–H groups in total. The van der Waals surface area contributed by atoms with Gasteiger partial charge in [-0.25, -0.2) is 13.8 Å². The Balaban J connectivity index is 1.85. The summed E-state index contributed by atoms with van der Waals surface area (Å²) in [6.07, 6.45) is 1.39. The Labute approximate surface area is 190 Å². The van der Waals surface area contributed by atoms with Gasteiger partial charge in [0.1, 0.15) is 12.3 Å². The van der Waals surface area contributed by atoms with Crippen LogP contribution in [-0.4, -0.2) is 39.1 Å². The summed E-state index contributed by atoms with van der Waals surface area (Å²) in [4.78, 5) is 22.6. The van der Waals surface area contributed by atoms with E-state index < -0.39 is 38.0 Å². The number of carbonyl (C=O) groups excluding carboxylic acids is 1. The lowest BCUT2D eigenvalue weighted by molar-refractivity contribution is -0.387. The van der Waals surface area contributed by atoms with Crippen molar-refractivity contribution in [3.8, 4) is 5.75 Å². The molecule has 0 radical (unpaired) electrons. The number of nitrogens with zero attached hydrogens (tertiary/aromatic N) is 3. The smallest absolute Gasteiger partial charge is 0.289 e. The highest BCUT2D eigenvalue weighted by Crippen LogP contribution is 2.29. The first kappa shape index (κ1) is 23.4. The molecular formula is C22H20N4O6S. The van der Waals surface area contributed by atoms with Gasteiger partial charge in [0.15, 0.2) is 4.90 Å². The zero-order valence-electron chi connectivity index (χ0n) is 17.5. The maximum atomic E-state index is 13.3. The third kappa shape index (κ3) is 5.71. The van der Waals surface area contributed by atoms with Crippen LogP contribution in [0.25, 0.3) is 0 Å². The minimum absolute atomic E-state index is 0.171. The molecule has 0 fully saturated rings. The fraction of sp³-hybridized carbons (Fsp3) is 0.0909. The zero-order valence-corrected chi connectivity index (χ0v) is 18.3. The molecule has 0 bridgehead atoms. The minimum atomic E-state index is -4.44. The number of hydrogen-bond acceptors (Lipinski definition) is 7. The number of nitro groups is 1. The first-order valence-electron chi connectivity index (χ1n) is 9.60. The number of amides is 1. The van der Waals surface area contributed by atoms with Crippen molar-refractivity contribution in [1.82, 2.24) is 5.43 Å². The first-order valence-corrected chi connectivity index (χ1v) is 11.0. The van der Waals surface area contributed by atoms with Gasteiger partial charge in [-0.2, -0.15) is 5.10 Å². The summed E-state index contributed by atoms with van der Waals surface area (Å²) >= 11 is 0. The lowest BCUT2D eigenvalue weighted by Gasteiger charge is -2.23. The van der Waals surface area contributed by atoms with Crippen molar-refractivity contribution in [2.75, 3.05) is 18.0 Å². The van der Waals surface area contributed by atoms with Crippen molar-refractivity contribution in [2.24, 2.45) is 5.10 Å². The van der Waals surface area contributed by atoms with Crippen LogP contribution >= 0.6 is 0 Å². The van der Waals surface area contributed by atoms with E-state index in [9.17, 15) is 23.3 Å². The number of hydrogen-bond donors (Lipinski definition) is 1. The summed E-state index contributed by atoms with van der Waals surface area (Å²) < 4.78 is 32.6. The molecular weight excluding hydrogens is 448 g/mol. The van der Waals surface area contributed by atoms with Crippen molar-refractivity contribution < 1.29 is 22.9 Å². The average Bonchev–Trinajstić information content (AvgIpc) is 2.83. The number of sulfonamides is 1. The lowest BCUT2D eigenvalue weighted by Crippen LogP contribution is -2.39. The monoisotopic (exact) mass is 468 g/mol. The summed E-state index contributed by atoms with van der Waals surface area (Å²) in [7, 11) is -2.90. The van der Waals surface area contributed by atoms with Crippen LogP contribution in [0, 0.1) is 10.1 Å². The Kier molecular flexibility index (Phi) is 7.36. The van der Waals surface area contributed by atoms with Crippen molar-refractivity contribution in [2.45, 2.75) is 4.90 Å². The number of methoxy groups -OCH3 is 1. The molecule has 0 unspecified atom stereocenters. The predicted octanol–water partition coefficient (Wildman–Crippen LogP) is 2.95. The van der Waals surface area contributed by atoms with Gasteiger partial charge < -0.3 is 4.74 Å². The van der Waals surface area contributed by atoms with Gasteiger partial charge in [0.05, 0.1) is 23.9 Å². The van der Waals surface area contributed by atoms with Crippen LogP contribution in [0.1, 0.15) is 5.56 Å². The van der Waals surface area contributed by atoms with E-state index in [1.165, 1.54) is 30.5 Å². The Hall–Kier alpha value is -4.25. The van der Waals surface area contributed by atoms with Crippen molar-refractivity contribution >= 4 is 33.5 Å². The molecule has 0 aliphatic carbocycles. The molecule has 1 amide bonds. The minimum Gasteiger partial charge on any atom is -0.497 e. The number of nitrogens with one attached hydrogen (secondary N) is 1. The van der Waals surface area contributed by atoms with Gasteiger partial charge in [0.25, 0.3) is 21.6 Å². The molecule has 10 nitrogen and oxygen atoms in total. The second kappa shape index (κ2) is 10.4. The highest BCUT2D eigenvalue weighted by Gasteiger charge is 2.32. The summed E-state index contributed by atoms with van der Waals surface area (Å²) in [6, 6.07) is 19.7. The van der Waals surface area contributed by atoms with Gasteiger partial charge in [0.2, 0.25) is 0 Å². The van der Waals surface area contributed by atoms with E-state index in [1.54, 1.807) is 49.6 Å². The number of anilines is 1. The van der Waals surface area contributed by atoms with E-state index in [-0.39, 0.29) is 5.69 Å². The normalized spacial score (nSPS) is 11.2. The molecule has 33 heavy (non-hydrogen) atoms. The molecule has 0 aromatic heterocycles. The van der Waals surface area contributed by atoms with Crippen LogP contribution in [0.5, 0.6) is 5.75 Å². The summed E-state index contributed by atoms with van der Waals surface area (Å²) in [5.74, 6) is -0.0688. The van der Waals surface area contributed by atoms with E-state index in [4.69, 9.17) is 4.74 Å². The molecule has 0 heterocycles. The topological polar surface area (TPSA) is 131 Å². The third-order valence-electron chi connectivity index (χ3n) is 4.48. The number of nitro benzene ring substituents is 1. The molecule has 3 aromatic rings. The molecule has 3 rings (SSSR count). The molecule has 3 aromatic carbocycles. The van der Waals surface area contributed by atoms with Crippen LogP contribution in [0.4, 0.5) is 11.4 Å². The Morgan fingerprint density at radius 2 is 1.70 bits per heavy atom.